The maximum Gasteiger partial charge on any atom is 0.325 e. The van der Waals surface area contributed by atoms with Crippen LogP contribution in [0.25, 0.3) is 0 Å². The zero-order chi connectivity index (χ0) is 15.8. The summed E-state index contributed by atoms with van der Waals surface area (Å²) < 4.78 is 9.81. The number of ether oxygens (including phenoxy) is 2. The first kappa shape index (κ1) is 17.3. The highest BCUT2D eigenvalue weighted by Crippen LogP contribution is 2.24. The number of hydrogen-bond acceptors (Lipinski definition) is 5. The minimum Gasteiger partial charge on any atom is -0.465 e. The predicted molar refractivity (Wildman–Crippen MR) is 80.3 cm³/mol. The molecule has 0 aliphatic heterocycles. The van der Waals surface area contributed by atoms with Crippen LogP contribution in [0.2, 0.25) is 5.02 Å². The number of esters is 1. The molecule has 116 valence electrons. The zero-order valence-electron chi connectivity index (χ0n) is 12.1. The number of nitrogens with two attached hydrogens (primary N) is 1. The van der Waals surface area contributed by atoms with Gasteiger partial charge in [-0.25, -0.2) is 0 Å². The molecule has 21 heavy (non-hydrogen) atoms. The standard InChI is InChI=1S/C14H19ClN2O4/c1-3-21-12(18)9-17(7-8-20-2)14(19)10-5-4-6-11(16)13(10)15/h4-6H,3,7-9,16H2,1-2H3. The normalized spacial score (nSPS) is 10.2. The minimum atomic E-state index is -0.484. The van der Waals surface area contributed by atoms with E-state index in [2.05, 4.69) is 0 Å². The molecule has 1 aromatic carbocycles. The molecule has 0 aliphatic carbocycles. The summed E-state index contributed by atoms with van der Waals surface area (Å²) in [6, 6.07) is 4.79. The first-order valence-electron chi connectivity index (χ1n) is 6.49. The Hall–Kier alpha value is -1.79. The summed E-state index contributed by atoms with van der Waals surface area (Å²) in [6.45, 7) is 2.34. The van der Waals surface area contributed by atoms with Gasteiger partial charge in [0.1, 0.15) is 6.54 Å². The molecule has 0 heterocycles. The van der Waals surface area contributed by atoms with E-state index in [0.29, 0.717) is 12.3 Å². The molecule has 0 unspecified atom stereocenters. The first-order valence-corrected chi connectivity index (χ1v) is 6.86. The van der Waals surface area contributed by atoms with Gasteiger partial charge in [-0.2, -0.15) is 0 Å². The quantitative estimate of drug-likeness (QED) is 0.610. The number of nitrogen functional groups attached to an aromatic ring is 1. The van der Waals surface area contributed by atoms with Gasteiger partial charge in [-0.1, -0.05) is 17.7 Å². The number of hydrogen-bond donors (Lipinski definition) is 1. The lowest BCUT2D eigenvalue weighted by Crippen LogP contribution is -2.38. The lowest BCUT2D eigenvalue weighted by atomic mass is 10.1. The summed E-state index contributed by atoms with van der Waals surface area (Å²) in [6.07, 6.45) is 0. The van der Waals surface area contributed by atoms with Crippen molar-refractivity contribution in [3.8, 4) is 0 Å². The molecule has 0 bridgehead atoms. The molecule has 0 atom stereocenters. The Labute approximate surface area is 128 Å². The third kappa shape index (κ3) is 4.91. The molecule has 6 nitrogen and oxygen atoms in total. The third-order valence-electron chi connectivity index (χ3n) is 2.74. The van der Waals surface area contributed by atoms with Crippen molar-refractivity contribution in [2.75, 3.05) is 39.1 Å². The van der Waals surface area contributed by atoms with Gasteiger partial charge in [0.15, 0.2) is 0 Å². The Morgan fingerprint density at radius 3 is 2.71 bits per heavy atom. The van der Waals surface area contributed by atoms with E-state index < -0.39 is 11.9 Å². The summed E-state index contributed by atoms with van der Waals surface area (Å²) in [5, 5.41) is 0.175. The average molecular weight is 315 g/mol. The molecular formula is C14H19ClN2O4. The van der Waals surface area contributed by atoms with Crippen LogP contribution in [0.1, 0.15) is 17.3 Å². The number of methoxy groups -OCH3 is 1. The van der Waals surface area contributed by atoms with Gasteiger partial charge in [0.05, 0.1) is 29.5 Å². The smallest absolute Gasteiger partial charge is 0.325 e. The van der Waals surface area contributed by atoms with Gasteiger partial charge in [0.25, 0.3) is 5.91 Å². The highest BCUT2D eigenvalue weighted by atomic mass is 35.5. The summed E-state index contributed by atoms with van der Waals surface area (Å²) in [4.78, 5) is 25.4. The van der Waals surface area contributed by atoms with Crippen LogP contribution in [0.3, 0.4) is 0 Å². The topological polar surface area (TPSA) is 81.9 Å². The lowest BCUT2D eigenvalue weighted by Gasteiger charge is -2.22. The average Bonchev–Trinajstić information content (AvgIpc) is 2.46. The van der Waals surface area contributed by atoms with Crippen LogP contribution in [0, 0.1) is 0 Å². The Kier molecular flexibility index (Phi) is 6.98. The van der Waals surface area contributed by atoms with E-state index in [1.807, 2.05) is 0 Å². The number of nitrogens with zero attached hydrogens (tertiary/aromatic N) is 1. The summed E-state index contributed by atoms with van der Waals surface area (Å²) in [7, 11) is 1.51. The van der Waals surface area contributed by atoms with Crippen molar-refractivity contribution in [2.45, 2.75) is 6.92 Å². The van der Waals surface area contributed by atoms with Crippen molar-refractivity contribution in [3.63, 3.8) is 0 Å². The molecule has 0 spiro atoms. The Balaban J connectivity index is 2.93. The number of rotatable bonds is 7. The fourth-order valence-corrected chi connectivity index (χ4v) is 1.91. The van der Waals surface area contributed by atoms with Crippen molar-refractivity contribution in [2.24, 2.45) is 0 Å². The number of halogens is 1. The van der Waals surface area contributed by atoms with E-state index in [-0.39, 0.29) is 30.3 Å². The Morgan fingerprint density at radius 2 is 2.10 bits per heavy atom. The van der Waals surface area contributed by atoms with Crippen LogP contribution in [0.15, 0.2) is 18.2 Å². The van der Waals surface area contributed by atoms with Gasteiger partial charge in [0.2, 0.25) is 0 Å². The van der Waals surface area contributed by atoms with Gasteiger partial charge in [-0.3, -0.25) is 9.59 Å². The third-order valence-corrected chi connectivity index (χ3v) is 3.16. The van der Waals surface area contributed by atoms with E-state index >= 15 is 0 Å². The first-order chi connectivity index (χ1) is 10.0. The van der Waals surface area contributed by atoms with Crippen LogP contribution in [-0.2, 0) is 14.3 Å². The molecule has 1 aromatic rings. The van der Waals surface area contributed by atoms with E-state index in [1.165, 1.54) is 12.0 Å². The molecule has 1 rings (SSSR count). The highest BCUT2D eigenvalue weighted by molar-refractivity contribution is 6.36. The second-order valence-corrected chi connectivity index (χ2v) is 4.61. The number of carbonyl (C=O) groups is 2. The van der Waals surface area contributed by atoms with E-state index in [1.54, 1.807) is 25.1 Å². The molecule has 7 heteroatoms. The second-order valence-electron chi connectivity index (χ2n) is 4.23. The summed E-state index contributed by atoms with van der Waals surface area (Å²) in [5.41, 5.74) is 6.25. The summed E-state index contributed by atoms with van der Waals surface area (Å²) in [5.74, 6) is -0.876. The van der Waals surface area contributed by atoms with Gasteiger partial charge >= 0.3 is 5.97 Å². The number of amides is 1. The fourth-order valence-electron chi connectivity index (χ4n) is 1.70. The van der Waals surface area contributed by atoms with Crippen molar-refractivity contribution >= 4 is 29.2 Å². The molecule has 2 N–H and O–H groups in total. The molecular weight excluding hydrogens is 296 g/mol. The van der Waals surface area contributed by atoms with Crippen LogP contribution in [0.4, 0.5) is 5.69 Å². The van der Waals surface area contributed by atoms with E-state index in [9.17, 15) is 9.59 Å². The molecule has 0 saturated heterocycles. The highest BCUT2D eigenvalue weighted by Gasteiger charge is 2.22. The van der Waals surface area contributed by atoms with E-state index in [0.717, 1.165) is 0 Å². The minimum absolute atomic E-state index is 0.166. The number of carbonyl (C=O) groups excluding carboxylic acids is 2. The number of anilines is 1. The molecule has 0 fully saturated rings. The van der Waals surface area contributed by atoms with Gasteiger partial charge in [0, 0.05) is 13.7 Å². The van der Waals surface area contributed by atoms with Crippen molar-refractivity contribution in [1.82, 2.24) is 4.90 Å². The Bertz CT molecular complexity index is 508. The Morgan fingerprint density at radius 1 is 1.38 bits per heavy atom. The van der Waals surface area contributed by atoms with Gasteiger partial charge in [-0.15, -0.1) is 0 Å². The maximum atomic E-state index is 12.5. The number of benzene rings is 1. The molecule has 0 aromatic heterocycles. The van der Waals surface area contributed by atoms with Crippen LogP contribution in [-0.4, -0.2) is 50.2 Å². The van der Waals surface area contributed by atoms with Crippen LogP contribution >= 0.6 is 11.6 Å². The van der Waals surface area contributed by atoms with Crippen molar-refractivity contribution in [3.05, 3.63) is 28.8 Å². The van der Waals surface area contributed by atoms with Gasteiger partial charge in [-0.05, 0) is 19.1 Å². The second kappa shape index (κ2) is 8.49. The molecule has 0 aliphatic rings. The fraction of sp³-hybridized carbons (Fsp3) is 0.429. The van der Waals surface area contributed by atoms with Crippen molar-refractivity contribution < 1.29 is 19.1 Å². The maximum absolute atomic E-state index is 12.5. The predicted octanol–water partition coefficient (Wildman–Crippen LogP) is 1.57. The lowest BCUT2D eigenvalue weighted by molar-refractivity contribution is -0.143. The SMILES string of the molecule is CCOC(=O)CN(CCOC)C(=O)c1cccc(N)c1Cl. The van der Waals surface area contributed by atoms with Gasteiger partial charge < -0.3 is 20.1 Å². The van der Waals surface area contributed by atoms with Crippen LogP contribution in [0.5, 0.6) is 0 Å². The largest absolute Gasteiger partial charge is 0.465 e. The molecule has 0 saturated carbocycles. The summed E-state index contributed by atoms with van der Waals surface area (Å²) >= 11 is 6.04. The molecule has 1 amide bonds. The van der Waals surface area contributed by atoms with E-state index in [4.69, 9.17) is 26.8 Å². The van der Waals surface area contributed by atoms with Crippen molar-refractivity contribution in [1.29, 1.82) is 0 Å². The zero-order valence-corrected chi connectivity index (χ0v) is 12.9. The molecule has 0 radical (unpaired) electrons. The van der Waals surface area contributed by atoms with Crippen LogP contribution < -0.4 is 5.73 Å². The monoisotopic (exact) mass is 314 g/mol.